The molecule has 0 aliphatic carbocycles. The summed E-state index contributed by atoms with van der Waals surface area (Å²) in [6, 6.07) is 5.98. The van der Waals surface area contributed by atoms with E-state index in [9.17, 15) is 14.7 Å². The molecule has 0 spiro atoms. The van der Waals surface area contributed by atoms with Gasteiger partial charge in [0.1, 0.15) is 17.6 Å². The van der Waals surface area contributed by atoms with Crippen molar-refractivity contribution in [1.82, 2.24) is 24.6 Å². The Morgan fingerprint density at radius 2 is 2.08 bits per heavy atom. The van der Waals surface area contributed by atoms with Crippen LogP contribution in [0.15, 0.2) is 24.3 Å². The predicted octanol–water partition coefficient (Wildman–Crippen LogP) is 0.334. The van der Waals surface area contributed by atoms with E-state index in [-0.39, 0.29) is 30.5 Å². The van der Waals surface area contributed by atoms with Crippen LogP contribution in [-0.2, 0) is 29.1 Å². The van der Waals surface area contributed by atoms with Crippen LogP contribution in [0, 0.1) is 6.92 Å². The maximum absolute atomic E-state index is 12.8. The van der Waals surface area contributed by atoms with Crippen LogP contribution in [0.2, 0.25) is 0 Å². The maximum atomic E-state index is 12.8. The van der Waals surface area contributed by atoms with E-state index >= 15 is 0 Å². The van der Waals surface area contributed by atoms with E-state index in [1.54, 1.807) is 43.3 Å². The summed E-state index contributed by atoms with van der Waals surface area (Å²) < 4.78 is 1.88. The number of aryl methyl sites for hydroxylation is 1. The first-order valence-corrected chi connectivity index (χ1v) is 8.04. The minimum atomic E-state index is -0.595. The number of hydrogen-bond donors (Lipinski definition) is 1. The minimum Gasteiger partial charge on any atom is -0.508 e. The van der Waals surface area contributed by atoms with Gasteiger partial charge in [-0.05, 0) is 24.6 Å². The molecule has 25 heavy (non-hydrogen) atoms. The lowest BCUT2D eigenvalue weighted by Crippen LogP contribution is -2.54. The summed E-state index contributed by atoms with van der Waals surface area (Å²) in [5, 5.41) is 17.7. The standard InChI is InChI=1S/C17H21N5O3/c1-11-18-19-15-10-22(14(9-21(11)15)17(25)20(2)3)16(24)8-12-5-4-6-13(23)7-12/h4-7,14,23H,8-10H2,1-3H3. The van der Waals surface area contributed by atoms with Gasteiger partial charge in [-0.1, -0.05) is 12.1 Å². The van der Waals surface area contributed by atoms with Crippen molar-refractivity contribution >= 4 is 11.8 Å². The van der Waals surface area contributed by atoms with Crippen LogP contribution in [0.25, 0.3) is 0 Å². The van der Waals surface area contributed by atoms with Gasteiger partial charge in [0, 0.05) is 14.1 Å². The summed E-state index contributed by atoms with van der Waals surface area (Å²) in [4.78, 5) is 28.5. The molecule has 1 atom stereocenters. The average molecular weight is 343 g/mol. The van der Waals surface area contributed by atoms with Gasteiger partial charge in [-0.2, -0.15) is 0 Å². The molecule has 1 N–H and O–H groups in total. The first-order valence-electron chi connectivity index (χ1n) is 8.04. The molecule has 2 amide bonds. The predicted molar refractivity (Wildman–Crippen MR) is 89.6 cm³/mol. The third kappa shape index (κ3) is 3.33. The van der Waals surface area contributed by atoms with Crippen LogP contribution < -0.4 is 0 Å². The van der Waals surface area contributed by atoms with Crippen molar-refractivity contribution in [3.8, 4) is 5.75 Å². The topological polar surface area (TPSA) is 91.6 Å². The van der Waals surface area contributed by atoms with E-state index in [0.29, 0.717) is 17.9 Å². The van der Waals surface area contributed by atoms with Gasteiger partial charge in [-0.15, -0.1) is 10.2 Å². The zero-order chi connectivity index (χ0) is 18.1. The van der Waals surface area contributed by atoms with Gasteiger partial charge >= 0.3 is 0 Å². The van der Waals surface area contributed by atoms with Gasteiger partial charge in [0.25, 0.3) is 0 Å². The number of fused-ring (bicyclic) bond motifs is 1. The number of nitrogens with zero attached hydrogens (tertiary/aromatic N) is 5. The van der Waals surface area contributed by atoms with Gasteiger partial charge < -0.3 is 19.5 Å². The van der Waals surface area contributed by atoms with Crippen LogP contribution in [0.4, 0.5) is 0 Å². The van der Waals surface area contributed by atoms with E-state index < -0.39 is 6.04 Å². The van der Waals surface area contributed by atoms with Crippen LogP contribution in [-0.4, -0.2) is 61.6 Å². The fourth-order valence-corrected chi connectivity index (χ4v) is 3.03. The number of likely N-dealkylation sites (N-methyl/N-ethyl adjacent to an activating group) is 1. The molecule has 0 fully saturated rings. The van der Waals surface area contributed by atoms with Crippen LogP contribution >= 0.6 is 0 Å². The third-order valence-electron chi connectivity index (χ3n) is 4.37. The fourth-order valence-electron chi connectivity index (χ4n) is 3.03. The molecule has 0 radical (unpaired) electrons. The van der Waals surface area contributed by atoms with Crippen molar-refractivity contribution in [2.45, 2.75) is 32.5 Å². The number of hydrogen-bond acceptors (Lipinski definition) is 5. The lowest BCUT2D eigenvalue weighted by atomic mass is 10.1. The molecule has 2 heterocycles. The molecule has 1 aliphatic rings. The van der Waals surface area contributed by atoms with E-state index in [2.05, 4.69) is 10.2 Å². The second-order valence-electron chi connectivity index (χ2n) is 6.39. The van der Waals surface area contributed by atoms with Gasteiger partial charge in [-0.3, -0.25) is 9.59 Å². The number of aromatic nitrogens is 3. The summed E-state index contributed by atoms with van der Waals surface area (Å²) in [6.45, 7) is 2.41. The summed E-state index contributed by atoms with van der Waals surface area (Å²) in [7, 11) is 3.35. The number of rotatable bonds is 3. The SMILES string of the molecule is Cc1nnc2n1CC(C(=O)N(C)C)N(C(=O)Cc1cccc(O)c1)C2. The summed E-state index contributed by atoms with van der Waals surface area (Å²) in [5.41, 5.74) is 0.698. The van der Waals surface area contributed by atoms with Gasteiger partial charge in [0.15, 0.2) is 5.82 Å². The summed E-state index contributed by atoms with van der Waals surface area (Å²) in [6.07, 6.45) is 0.110. The second kappa shape index (κ2) is 6.54. The highest BCUT2D eigenvalue weighted by molar-refractivity contribution is 5.88. The lowest BCUT2D eigenvalue weighted by molar-refractivity contribution is -0.146. The first kappa shape index (κ1) is 16.9. The van der Waals surface area contributed by atoms with Crippen molar-refractivity contribution in [2.75, 3.05) is 14.1 Å². The summed E-state index contributed by atoms with van der Waals surface area (Å²) in [5.74, 6) is 1.19. The number of amides is 2. The molecule has 8 heteroatoms. The molecule has 1 aromatic heterocycles. The van der Waals surface area contributed by atoms with E-state index in [4.69, 9.17) is 0 Å². The molecule has 1 unspecified atom stereocenters. The van der Waals surface area contributed by atoms with Crippen LogP contribution in [0.1, 0.15) is 17.2 Å². The Hall–Kier alpha value is -2.90. The molecular formula is C17H21N5O3. The van der Waals surface area contributed by atoms with Crippen molar-refractivity contribution in [2.24, 2.45) is 0 Å². The number of benzene rings is 1. The lowest BCUT2D eigenvalue weighted by Gasteiger charge is -2.36. The molecule has 3 rings (SSSR count). The first-order chi connectivity index (χ1) is 11.9. The quantitative estimate of drug-likeness (QED) is 0.867. The number of phenolic OH excluding ortho intramolecular Hbond substituents is 1. The van der Waals surface area contributed by atoms with E-state index in [1.807, 2.05) is 11.5 Å². The van der Waals surface area contributed by atoms with Crippen molar-refractivity contribution in [1.29, 1.82) is 0 Å². The number of carbonyl (C=O) groups is 2. The van der Waals surface area contributed by atoms with Crippen LogP contribution in [0.3, 0.4) is 0 Å². The largest absolute Gasteiger partial charge is 0.508 e. The Morgan fingerprint density at radius 1 is 1.32 bits per heavy atom. The Morgan fingerprint density at radius 3 is 2.76 bits per heavy atom. The summed E-state index contributed by atoms with van der Waals surface area (Å²) >= 11 is 0. The normalized spacial score (nSPS) is 16.4. The fraction of sp³-hybridized carbons (Fsp3) is 0.412. The highest BCUT2D eigenvalue weighted by Gasteiger charge is 2.36. The monoisotopic (exact) mass is 343 g/mol. The van der Waals surface area contributed by atoms with Crippen molar-refractivity contribution < 1.29 is 14.7 Å². The number of carbonyl (C=O) groups excluding carboxylic acids is 2. The highest BCUT2D eigenvalue weighted by Crippen LogP contribution is 2.21. The molecule has 0 saturated carbocycles. The zero-order valence-corrected chi connectivity index (χ0v) is 14.5. The van der Waals surface area contributed by atoms with Crippen molar-refractivity contribution in [3.05, 3.63) is 41.5 Å². The zero-order valence-electron chi connectivity index (χ0n) is 14.5. The second-order valence-corrected chi connectivity index (χ2v) is 6.39. The molecule has 8 nitrogen and oxygen atoms in total. The maximum Gasteiger partial charge on any atom is 0.246 e. The molecular weight excluding hydrogens is 322 g/mol. The van der Waals surface area contributed by atoms with E-state index in [1.165, 1.54) is 4.90 Å². The number of aromatic hydroxyl groups is 1. The smallest absolute Gasteiger partial charge is 0.246 e. The molecule has 2 aromatic rings. The minimum absolute atomic E-state index is 0.110. The van der Waals surface area contributed by atoms with E-state index in [0.717, 1.165) is 5.82 Å². The van der Waals surface area contributed by atoms with Gasteiger partial charge in [-0.25, -0.2) is 0 Å². The Bertz CT molecular complexity index is 814. The average Bonchev–Trinajstić information content (AvgIpc) is 2.93. The molecule has 1 aliphatic heterocycles. The van der Waals surface area contributed by atoms with Crippen LogP contribution in [0.5, 0.6) is 5.75 Å². The molecule has 0 saturated heterocycles. The molecule has 0 bridgehead atoms. The Kier molecular flexibility index (Phi) is 4.43. The molecule has 132 valence electrons. The Balaban J connectivity index is 1.88. The Labute approximate surface area is 145 Å². The molecule has 1 aromatic carbocycles. The van der Waals surface area contributed by atoms with Gasteiger partial charge in [0.05, 0.1) is 19.5 Å². The van der Waals surface area contributed by atoms with Gasteiger partial charge in [0.2, 0.25) is 11.8 Å². The number of phenols is 1. The highest BCUT2D eigenvalue weighted by atomic mass is 16.3. The van der Waals surface area contributed by atoms with Crippen molar-refractivity contribution in [3.63, 3.8) is 0 Å². The third-order valence-corrected chi connectivity index (χ3v) is 4.37.